The Morgan fingerprint density at radius 1 is 1.12 bits per heavy atom. The summed E-state index contributed by atoms with van der Waals surface area (Å²) in [5.41, 5.74) is 3.50. The van der Waals surface area contributed by atoms with E-state index in [2.05, 4.69) is 12.1 Å². The van der Waals surface area contributed by atoms with Crippen molar-refractivity contribution in [2.75, 3.05) is 13.7 Å². The van der Waals surface area contributed by atoms with Crippen LogP contribution >= 0.6 is 0 Å². The van der Waals surface area contributed by atoms with Crippen LogP contribution in [0.25, 0.3) is 5.65 Å². The highest BCUT2D eigenvalue weighted by molar-refractivity contribution is 5.92. The first kappa shape index (κ1) is 22.3. The Labute approximate surface area is 189 Å². The van der Waals surface area contributed by atoms with Crippen molar-refractivity contribution < 1.29 is 19.0 Å². The molecule has 1 aliphatic rings. The molecule has 1 aliphatic carbocycles. The minimum absolute atomic E-state index is 0.0466. The summed E-state index contributed by atoms with van der Waals surface area (Å²) in [5, 5.41) is 0. The van der Waals surface area contributed by atoms with Crippen LogP contribution in [0.3, 0.4) is 0 Å². The van der Waals surface area contributed by atoms with Crippen molar-refractivity contribution >= 4 is 11.6 Å². The number of esters is 1. The van der Waals surface area contributed by atoms with Crippen LogP contribution in [0, 0.1) is 5.92 Å². The van der Waals surface area contributed by atoms with Crippen molar-refractivity contribution in [3.05, 3.63) is 65.6 Å². The van der Waals surface area contributed by atoms with Crippen LogP contribution in [-0.4, -0.2) is 35.2 Å². The standard InChI is InChI=1S/C26H32N2O4/c1-18(2)32-24-13-25-27-23(15-28(25)14-22(24)26(29)30-3)21-11-9-20(10-12-21)17-31-16-19-7-5-4-6-8-19/h4-8,13-15,18,20-21H,9-12,16-17H2,1-3H3. The number of rotatable bonds is 8. The maximum Gasteiger partial charge on any atom is 0.343 e. The van der Waals surface area contributed by atoms with Crippen LogP contribution < -0.4 is 4.74 Å². The smallest absolute Gasteiger partial charge is 0.343 e. The molecule has 1 fully saturated rings. The maximum absolute atomic E-state index is 12.2. The Balaban J connectivity index is 1.39. The molecule has 3 aromatic rings. The number of hydrogen-bond donors (Lipinski definition) is 0. The molecule has 1 saturated carbocycles. The van der Waals surface area contributed by atoms with E-state index in [0.717, 1.165) is 43.6 Å². The number of pyridine rings is 1. The third kappa shape index (κ3) is 5.30. The van der Waals surface area contributed by atoms with Crippen LogP contribution in [0.4, 0.5) is 0 Å². The number of methoxy groups -OCH3 is 1. The molecule has 2 heterocycles. The van der Waals surface area contributed by atoms with Gasteiger partial charge in [-0.2, -0.15) is 0 Å². The molecule has 0 amide bonds. The first-order valence-electron chi connectivity index (χ1n) is 11.4. The molecule has 0 spiro atoms. The van der Waals surface area contributed by atoms with Crippen LogP contribution in [0.1, 0.15) is 67.1 Å². The van der Waals surface area contributed by atoms with Gasteiger partial charge in [0.25, 0.3) is 0 Å². The van der Waals surface area contributed by atoms with Crippen LogP contribution in [0.15, 0.2) is 48.8 Å². The predicted molar refractivity (Wildman–Crippen MR) is 123 cm³/mol. The summed E-state index contributed by atoms with van der Waals surface area (Å²) in [7, 11) is 1.38. The van der Waals surface area contributed by atoms with E-state index < -0.39 is 5.97 Å². The summed E-state index contributed by atoms with van der Waals surface area (Å²) >= 11 is 0. The van der Waals surface area contributed by atoms with E-state index in [0.29, 0.717) is 29.8 Å². The third-order valence-corrected chi connectivity index (χ3v) is 6.07. The molecule has 0 aliphatic heterocycles. The van der Waals surface area contributed by atoms with Gasteiger partial charge in [0.2, 0.25) is 0 Å². The molecule has 0 radical (unpaired) electrons. The Hall–Kier alpha value is -2.86. The molecule has 0 unspecified atom stereocenters. The number of imidazole rings is 1. The van der Waals surface area contributed by atoms with E-state index in [4.69, 9.17) is 19.2 Å². The van der Waals surface area contributed by atoms with Crippen molar-refractivity contribution in [2.24, 2.45) is 5.92 Å². The lowest BCUT2D eigenvalue weighted by Gasteiger charge is -2.27. The van der Waals surface area contributed by atoms with Gasteiger partial charge in [0, 0.05) is 31.0 Å². The summed E-state index contributed by atoms with van der Waals surface area (Å²) in [4.78, 5) is 17.1. The highest BCUT2D eigenvalue weighted by atomic mass is 16.5. The van der Waals surface area contributed by atoms with Gasteiger partial charge in [-0.05, 0) is 51.0 Å². The molecule has 0 saturated heterocycles. The summed E-state index contributed by atoms with van der Waals surface area (Å²) in [6.45, 7) is 5.36. The van der Waals surface area contributed by atoms with Crippen molar-refractivity contribution in [3.63, 3.8) is 0 Å². The largest absolute Gasteiger partial charge is 0.490 e. The van der Waals surface area contributed by atoms with Gasteiger partial charge in [-0.15, -0.1) is 0 Å². The molecule has 32 heavy (non-hydrogen) atoms. The quantitative estimate of drug-likeness (QED) is 0.443. The molecule has 1 aromatic carbocycles. The molecule has 6 nitrogen and oxygen atoms in total. The van der Waals surface area contributed by atoms with E-state index in [1.165, 1.54) is 12.7 Å². The van der Waals surface area contributed by atoms with Gasteiger partial charge in [-0.1, -0.05) is 30.3 Å². The zero-order chi connectivity index (χ0) is 22.5. The van der Waals surface area contributed by atoms with Crippen LogP contribution in [-0.2, 0) is 16.1 Å². The van der Waals surface area contributed by atoms with Gasteiger partial charge >= 0.3 is 5.97 Å². The number of nitrogens with zero attached hydrogens (tertiary/aromatic N) is 2. The Bertz CT molecular complexity index is 1040. The van der Waals surface area contributed by atoms with Gasteiger partial charge in [0.1, 0.15) is 17.0 Å². The molecule has 0 N–H and O–H groups in total. The number of carbonyl (C=O) groups is 1. The zero-order valence-electron chi connectivity index (χ0n) is 19.1. The van der Waals surface area contributed by atoms with E-state index in [1.807, 2.05) is 48.7 Å². The van der Waals surface area contributed by atoms with Crippen molar-refractivity contribution in [1.82, 2.24) is 9.38 Å². The number of carbonyl (C=O) groups excluding carboxylic acids is 1. The number of aromatic nitrogens is 2. The SMILES string of the molecule is COC(=O)c1cn2cc(C3CCC(COCc4ccccc4)CC3)nc2cc1OC(C)C. The first-order chi connectivity index (χ1) is 15.5. The summed E-state index contributed by atoms with van der Waals surface area (Å²) < 4.78 is 18.7. The number of ether oxygens (including phenoxy) is 3. The lowest BCUT2D eigenvalue weighted by molar-refractivity contribution is 0.0593. The first-order valence-corrected chi connectivity index (χ1v) is 11.4. The summed E-state index contributed by atoms with van der Waals surface area (Å²) in [6.07, 6.45) is 8.24. The fourth-order valence-electron chi connectivity index (χ4n) is 4.39. The second kappa shape index (κ2) is 10.2. The normalized spacial score (nSPS) is 18.8. The second-order valence-corrected chi connectivity index (χ2v) is 8.86. The molecule has 6 heteroatoms. The molecular weight excluding hydrogens is 404 g/mol. The maximum atomic E-state index is 12.2. The lowest BCUT2D eigenvalue weighted by Crippen LogP contribution is -2.18. The fraction of sp³-hybridized carbons (Fsp3) is 0.462. The molecular formula is C26H32N2O4. The Morgan fingerprint density at radius 3 is 2.56 bits per heavy atom. The molecule has 0 atom stereocenters. The third-order valence-electron chi connectivity index (χ3n) is 6.07. The van der Waals surface area contributed by atoms with Crippen LogP contribution in [0.2, 0.25) is 0 Å². The Kier molecular flexibility index (Phi) is 7.10. The van der Waals surface area contributed by atoms with Crippen molar-refractivity contribution in [3.8, 4) is 5.75 Å². The molecule has 170 valence electrons. The second-order valence-electron chi connectivity index (χ2n) is 8.86. The zero-order valence-corrected chi connectivity index (χ0v) is 19.1. The molecule has 2 aromatic heterocycles. The fourth-order valence-corrected chi connectivity index (χ4v) is 4.39. The minimum Gasteiger partial charge on any atom is -0.490 e. The number of hydrogen-bond acceptors (Lipinski definition) is 5. The van der Waals surface area contributed by atoms with Crippen molar-refractivity contribution in [2.45, 2.75) is 58.2 Å². The summed E-state index contributed by atoms with van der Waals surface area (Å²) in [5.74, 6) is 1.13. The van der Waals surface area contributed by atoms with Gasteiger partial charge in [-0.3, -0.25) is 0 Å². The van der Waals surface area contributed by atoms with E-state index in [-0.39, 0.29) is 6.10 Å². The molecule has 0 bridgehead atoms. The minimum atomic E-state index is -0.409. The summed E-state index contributed by atoms with van der Waals surface area (Å²) in [6, 6.07) is 12.2. The average molecular weight is 437 g/mol. The van der Waals surface area contributed by atoms with E-state index in [1.54, 1.807) is 6.20 Å². The van der Waals surface area contributed by atoms with Crippen LogP contribution in [0.5, 0.6) is 5.75 Å². The topological polar surface area (TPSA) is 62.1 Å². The highest BCUT2D eigenvalue weighted by Crippen LogP contribution is 2.36. The Morgan fingerprint density at radius 2 is 1.88 bits per heavy atom. The number of benzene rings is 1. The lowest BCUT2D eigenvalue weighted by atomic mass is 9.81. The van der Waals surface area contributed by atoms with Gasteiger partial charge in [0.15, 0.2) is 0 Å². The van der Waals surface area contributed by atoms with E-state index in [9.17, 15) is 4.79 Å². The van der Waals surface area contributed by atoms with Crippen molar-refractivity contribution in [1.29, 1.82) is 0 Å². The monoisotopic (exact) mass is 436 g/mol. The average Bonchev–Trinajstić information content (AvgIpc) is 3.22. The highest BCUT2D eigenvalue weighted by Gasteiger charge is 2.25. The van der Waals surface area contributed by atoms with Gasteiger partial charge < -0.3 is 18.6 Å². The molecule has 4 rings (SSSR count). The predicted octanol–water partition coefficient (Wildman–Crippen LogP) is 5.40. The van der Waals surface area contributed by atoms with Gasteiger partial charge in [0.05, 0.1) is 25.5 Å². The van der Waals surface area contributed by atoms with Gasteiger partial charge in [-0.25, -0.2) is 9.78 Å². The van der Waals surface area contributed by atoms with E-state index >= 15 is 0 Å². The number of fused-ring (bicyclic) bond motifs is 1.